The zero-order chi connectivity index (χ0) is 16.4. The molecule has 116 valence electrons. The number of hydrogen-bond donors (Lipinski definition) is 2. The first-order valence-electron chi connectivity index (χ1n) is 6.76. The van der Waals surface area contributed by atoms with Crippen LogP contribution in [0.4, 0.5) is 5.69 Å². The summed E-state index contributed by atoms with van der Waals surface area (Å²) in [4.78, 5) is 15.5. The second-order valence-electron chi connectivity index (χ2n) is 4.84. The molecule has 3 aromatic rings. The van der Waals surface area contributed by atoms with Crippen LogP contribution < -0.4 is 10.6 Å². The van der Waals surface area contributed by atoms with Crippen molar-refractivity contribution in [3.05, 3.63) is 46.9 Å². The van der Waals surface area contributed by atoms with Gasteiger partial charge in [-0.3, -0.25) is 4.79 Å². The van der Waals surface area contributed by atoms with Gasteiger partial charge in [0, 0.05) is 22.6 Å². The van der Waals surface area contributed by atoms with Gasteiger partial charge in [0.2, 0.25) is 11.8 Å². The number of halogens is 1. The maximum absolute atomic E-state index is 11.0. The molecule has 5 nitrogen and oxygen atoms in total. The highest BCUT2D eigenvalue weighted by molar-refractivity contribution is 9.10. The molecule has 0 saturated heterocycles. The molecule has 0 spiro atoms. The van der Waals surface area contributed by atoms with Gasteiger partial charge in [-0.2, -0.15) is 0 Å². The summed E-state index contributed by atoms with van der Waals surface area (Å²) < 4.78 is 6.76. The van der Waals surface area contributed by atoms with Gasteiger partial charge in [-0.25, -0.2) is 4.98 Å². The minimum atomic E-state index is -0.220. The van der Waals surface area contributed by atoms with Crippen molar-refractivity contribution in [2.45, 2.75) is 6.92 Å². The number of nitrogens with one attached hydrogen (secondary N) is 2. The summed E-state index contributed by atoms with van der Waals surface area (Å²) in [7, 11) is 0. The Labute approximate surface area is 146 Å². The minimum absolute atomic E-state index is 0.220. The topological polar surface area (TPSA) is 67.2 Å². The van der Waals surface area contributed by atoms with E-state index in [9.17, 15) is 4.79 Å². The average molecular weight is 390 g/mol. The third-order valence-corrected chi connectivity index (χ3v) is 3.76. The maximum atomic E-state index is 11.0. The van der Waals surface area contributed by atoms with Crippen molar-refractivity contribution in [1.82, 2.24) is 10.3 Å². The summed E-state index contributed by atoms with van der Waals surface area (Å²) in [5.41, 5.74) is 3.01. The largest absolute Gasteiger partial charge is 0.436 e. The molecular weight excluding hydrogens is 378 g/mol. The maximum Gasteiger partial charge on any atom is 0.227 e. The van der Waals surface area contributed by atoms with E-state index in [2.05, 4.69) is 31.5 Å². The average Bonchev–Trinajstić information content (AvgIpc) is 2.90. The van der Waals surface area contributed by atoms with E-state index in [1.165, 1.54) is 6.92 Å². The number of rotatable bonds is 2. The molecule has 0 aliphatic rings. The van der Waals surface area contributed by atoms with Gasteiger partial charge in [0.1, 0.15) is 5.52 Å². The predicted octanol–water partition coefficient (Wildman–Crippen LogP) is 4.09. The number of amides is 1. The Morgan fingerprint density at radius 2 is 1.96 bits per heavy atom. The summed E-state index contributed by atoms with van der Waals surface area (Å²) >= 11 is 8.44. The van der Waals surface area contributed by atoms with Crippen LogP contribution in [0.5, 0.6) is 0 Å². The van der Waals surface area contributed by atoms with E-state index in [0.717, 1.165) is 15.7 Å². The van der Waals surface area contributed by atoms with Crippen LogP contribution in [0.1, 0.15) is 6.92 Å². The molecule has 2 aromatic carbocycles. The fourth-order valence-electron chi connectivity index (χ4n) is 2.04. The smallest absolute Gasteiger partial charge is 0.227 e. The first kappa shape index (κ1) is 15.6. The molecule has 0 atom stereocenters. The van der Waals surface area contributed by atoms with Crippen molar-refractivity contribution in [2.75, 3.05) is 5.32 Å². The van der Waals surface area contributed by atoms with Gasteiger partial charge in [0.05, 0.1) is 0 Å². The molecule has 7 heteroatoms. The highest BCUT2D eigenvalue weighted by Gasteiger charge is 2.09. The van der Waals surface area contributed by atoms with Crippen molar-refractivity contribution in [1.29, 1.82) is 0 Å². The second-order valence-corrected chi connectivity index (χ2v) is 6.17. The Bertz CT molecular complexity index is 890. The number of carbonyl (C=O) groups is 1. The van der Waals surface area contributed by atoms with Crippen molar-refractivity contribution in [3.63, 3.8) is 0 Å². The van der Waals surface area contributed by atoms with Crippen LogP contribution >= 0.6 is 28.1 Å². The number of nitrogens with zero attached hydrogens (tertiary/aromatic N) is 1. The molecular formula is C16H12BrN3O2S. The number of oxazole rings is 1. The van der Waals surface area contributed by atoms with Crippen molar-refractivity contribution in [2.24, 2.45) is 0 Å². The van der Waals surface area contributed by atoms with E-state index in [0.29, 0.717) is 17.0 Å². The zero-order valence-corrected chi connectivity index (χ0v) is 14.5. The molecule has 0 bridgehead atoms. The lowest BCUT2D eigenvalue weighted by Crippen LogP contribution is -2.32. The van der Waals surface area contributed by atoms with E-state index in [-0.39, 0.29) is 11.0 Å². The van der Waals surface area contributed by atoms with E-state index >= 15 is 0 Å². The van der Waals surface area contributed by atoms with Gasteiger partial charge < -0.3 is 15.1 Å². The fraction of sp³-hybridized carbons (Fsp3) is 0.0625. The molecule has 0 radical (unpaired) electrons. The van der Waals surface area contributed by atoms with Crippen LogP contribution in [0.2, 0.25) is 0 Å². The van der Waals surface area contributed by atoms with E-state index in [1.54, 1.807) is 0 Å². The summed E-state index contributed by atoms with van der Waals surface area (Å²) in [6.07, 6.45) is 0. The summed E-state index contributed by atoms with van der Waals surface area (Å²) in [6.45, 7) is 1.40. The zero-order valence-electron chi connectivity index (χ0n) is 12.1. The summed E-state index contributed by atoms with van der Waals surface area (Å²) in [5, 5.41) is 5.69. The van der Waals surface area contributed by atoms with Gasteiger partial charge in [0.25, 0.3) is 0 Å². The van der Waals surface area contributed by atoms with Crippen LogP contribution in [0, 0.1) is 0 Å². The lowest BCUT2D eigenvalue weighted by Gasteiger charge is -2.07. The third-order valence-electron chi connectivity index (χ3n) is 3.03. The van der Waals surface area contributed by atoms with Gasteiger partial charge in [-0.1, -0.05) is 15.9 Å². The molecule has 2 N–H and O–H groups in total. The highest BCUT2D eigenvalue weighted by atomic mass is 79.9. The number of fused-ring (bicyclic) bond motifs is 1. The first-order chi connectivity index (χ1) is 11.0. The van der Waals surface area contributed by atoms with Crippen LogP contribution in [-0.2, 0) is 4.79 Å². The number of hydrogen-bond acceptors (Lipinski definition) is 4. The monoisotopic (exact) mass is 389 g/mol. The summed E-state index contributed by atoms with van der Waals surface area (Å²) in [5.74, 6) is 0.330. The molecule has 1 aromatic heterocycles. The predicted molar refractivity (Wildman–Crippen MR) is 97.2 cm³/mol. The molecule has 0 aliphatic heterocycles. The third kappa shape index (κ3) is 3.75. The fourth-order valence-corrected chi connectivity index (χ4v) is 2.57. The van der Waals surface area contributed by atoms with Gasteiger partial charge in [-0.15, -0.1) is 0 Å². The van der Waals surface area contributed by atoms with E-state index in [4.69, 9.17) is 16.6 Å². The molecule has 3 rings (SSSR count). The van der Waals surface area contributed by atoms with Crippen molar-refractivity contribution in [3.8, 4) is 11.5 Å². The quantitative estimate of drug-likeness (QED) is 0.646. The number of benzene rings is 2. The Balaban J connectivity index is 1.87. The standard InChI is InChI=1S/C16H12BrN3O2S/c1-9(21)18-16(23)19-12-6-7-14-13(8-12)20-15(22-14)10-2-4-11(17)5-3-10/h2-8H,1H3,(H2,18,19,21,23). The van der Waals surface area contributed by atoms with Crippen LogP contribution in [0.15, 0.2) is 51.4 Å². The molecule has 0 aliphatic carbocycles. The SMILES string of the molecule is CC(=O)NC(=S)Nc1ccc2oc(-c3ccc(Br)cc3)nc2c1. The van der Waals surface area contributed by atoms with E-state index < -0.39 is 0 Å². The minimum Gasteiger partial charge on any atom is -0.436 e. The number of aromatic nitrogens is 1. The van der Waals surface area contributed by atoms with Crippen LogP contribution in [0.3, 0.4) is 0 Å². The molecule has 1 amide bonds. The number of anilines is 1. The molecule has 0 fully saturated rings. The number of carbonyl (C=O) groups excluding carboxylic acids is 1. The normalized spacial score (nSPS) is 10.5. The molecule has 0 saturated carbocycles. The summed E-state index contributed by atoms with van der Waals surface area (Å²) in [6, 6.07) is 13.2. The van der Waals surface area contributed by atoms with E-state index in [1.807, 2.05) is 42.5 Å². The Morgan fingerprint density at radius 3 is 2.65 bits per heavy atom. The lowest BCUT2D eigenvalue weighted by molar-refractivity contribution is -0.117. The molecule has 23 heavy (non-hydrogen) atoms. The van der Waals surface area contributed by atoms with Crippen molar-refractivity contribution < 1.29 is 9.21 Å². The van der Waals surface area contributed by atoms with Crippen LogP contribution in [-0.4, -0.2) is 16.0 Å². The first-order valence-corrected chi connectivity index (χ1v) is 7.96. The van der Waals surface area contributed by atoms with Crippen LogP contribution in [0.25, 0.3) is 22.6 Å². The lowest BCUT2D eigenvalue weighted by atomic mass is 10.2. The number of thiocarbonyl (C=S) groups is 1. The second kappa shape index (κ2) is 6.47. The van der Waals surface area contributed by atoms with Gasteiger partial charge >= 0.3 is 0 Å². The highest BCUT2D eigenvalue weighted by Crippen LogP contribution is 2.27. The molecule has 0 unspecified atom stereocenters. The Kier molecular flexibility index (Phi) is 4.40. The van der Waals surface area contributed by atoms with Gasteiger partial charge in [-0.05, 0) is 54.7 Å². The van der Waals surface area contributed by atoms with Crippen molar-refractivity contribution >= 4 is 56.0 Å². The molecule has 1 heterocycles. The van der Waals surface area contributed by atoms with Gasteiger partial charge in [0.15, 0.2) is 10.7 Å². The Morgan fingerprint density at radius 1 is 1.22 bits per heavy atom. The Hall–Kier alpha value is -2.25.